The first-order chi connectivity index (χ1) is 10.8. The second-order valence-corrected chi connectivity index (χ2v) is 5.87. The van der Waals surface area contributed by atoms with Crippen LogP contribution in [0.25, 0.3) is 0 Å². The van der Waals surface area contributed by atoms with Crippen LogP contribution in [0.2, 0.25) is 5.02 Å². The van der Waals surface area contributed by atoms with Crippen LogP contribution in [0.15, 0.2) is 59.9 Å². The lowest BCUT2D eigenvalue weighted by Crippen LogP contribution is -2.45. The number of halogens is 3. The van der Waals surface area contributed by atoms with E-state index in [4.69, 9.17) is 11.6 Å². The van der Waals surface area contributed by atoms with Gasteiger partial charge in [0.2, 0.25) is 0 Å². The Morgan fingerprint density at radius 1 is 0.833 bits per heavy atom. The third-order valence-electron chi connectivity index (χ3n) is 4.07. The number of rotatable bonds is 4. The van der Waals surface area contributed by atoms with Gasteiger partial charge < -0.3 is 0 Å². The summed E-state index contributed by atoms with van der Waals surface area (Å²) in [4.78, 5) is 13.0. The normalized spacial score (nSPS) is 15.8. The van der Waals surface area contributed by atoms with Crippen molar-refractivity contribution in [1.82, 2.24) is 9.91 Å². The number of hydrogen-bond acceptors (Lipinski definition) is 3. The maximum Gasteiger partial charge on any atom is 0.0603 e. The SMILES string of the molecule is Cl.Cl.O=NN1CCN(C(c2ccccc2)c2ccc(Cl)cc2)CC1. The molecule has 1 unspecified atom stereocenters. The predicted octanol–water partition coefficient (Wildman–Crippen LogP) is 4.57. The number of benzene rings is 2. The fourth-order valence-corrected chi connectivity index (χ4v) is 3.07. The average molecular weight is 389 g/mol. The van der Waals surface area contributed by atoms with E-state index in [9.17, 15) is 4.91 Å². The molecule has 1 aliphatic rings. The molecule has 1 saturated heterocycles. The summed E-state index contributed by atoms with van der Waals surface area (Å²) >= 11 is 6.02. The minimum Gasteiger partial charge on any atom is -0.289 e. The highest BCUT2D eigenvalue weighted by molar-refractivity contribution is 6.30. The van der Waals surface area contributed by atoms with Crippen molar-refractivity contribution in [3.05, 3.63) is 75.7 Å². The zero-order valence-electron chi connectivity index (χ0n) is 13.0. The fraction of sp³-hybridized carbons (Fsp3) is 0.294. The first-order valence-electron chi connectivity index (χ1n) is 7.40. The Morgan fingerprint density at radius 2 is 1.38 bits per heavy atom. The second kappa shape index (κ2) is 9.84. The van der Waals surface area contributed by atoms with Crippen molar-refractivity contribution >= 4 is 36.4 Å². The molecule has 1 heterocycles. The monoisotopic (exact) mass is 387 g/mol. The highest BCUT2D eigenvalue weighted by Crippen LogP contribution is 2.30. The molecule has 0 spiro atoms. The molecule has 3 rings (SSSR count). The Labute approximate surface area is 159 Å². The van der Waals surface area contributed by atoms with Crippen LogP contribution in [-0.4, -0.2) is 36.1 Å². The summed E-state index contributed by atoms with van der Waals surface area (Å²) in [5.74, 6) is 0. The van der Waals surface area contributed by atoms with Gasteiger partial charge in [-0.3, -0.25) is 9.91 Å². The van der Waals surface area contributed by atoms with Gasteiger partial charge in [-0.25, -0.2) is 0 Å². The van der Waals surface area contributed by atoms with Gasteiger partial charge in [0, 0.05) is 18.1 Å². The Morgan fingerprint density at radius 3 is 1.92 bits per heavy atom. The average Bonchev–Trinajstić information content (AvgIpc) is 2.58. The van der Waals surface area contributed by atoms with Gasteiger partial charge >= 0.3 is 0 Å². The van der Waals surface area contributed by atoms with E-state index in [1.165, 1.54) is 11.1 Å². The lowest BCUT2D eigenvalue weighted by molar-refractivity contribution is 0.111. The topological polar surface area (TPSA) is 35.9 Å². The van der Waals surface area contributed by atoms with Crippen molar-refractivity contribution < 1.29 is 0 Å². The highest BCUT2D eigenvalue weighted by Gasteiger charge is 2.26. The molecule has 2 aromatic carbocycles. The Balaban J connectivity index is 0.00000144. The molecule has 0 bridgehead atoms. The Kier molecular flexibility index (Phi) is 8.50. The van der Waals surface area contributed by atoms with Gasteiger partial charge in [0.15, 0.2) is 0 Å². The molecule has 1 fully saturated rings. The summed E-state index contributed by atoms with van der Waals surface area (Å²) in [7, 11) is 0. The molecule has 0 N–H and O–H groups in total. The Hall–Kier alpha value is -1.33. The van der Waals surface area contributed by atoms with Crippen molar-refractivity contribution in [3.63, 3.8) is 0 Å². The predicted molar refractivity (Wildman–Crippen MR) is 103 cm³/mol. The van der Waals surface area contributed by atoms with Crippen LogP contribution in [0.5, 0.6) is 0 Å². The molecule has 0 amide bonds. The molecule has 7 heteroatoms. The third kappa shape index (κ3) is 4.84. The second-order valence-electron chi connectivity index (χ2n) is 5.44. The van der Waals surface area contributed by atoms with Crippen LogP contribution < -0.4 is 0 Å². The van der Waals surface area contributed by atoms with Crippen molar-refractivity contribution in [3.8, 4) is 0 Å². The zero-order valence-corrected chi connectivity index (χ0v) is 15.4. The summed E-state index contributed by atoms with van der Waals surface area (Å²) in [5, 5.41) is 5.36. The number of piperazine rings is 1. The van der Waals surface area contributed by atoms with Gasteiger partial charge in [-0.2, -0.15) is 0 Å². The minimum absolute atomic E-state index is 0. The lowest BCUT2D eigenvalue weighted by atomic mass is 9.96. The maximum atomic E-state index is 10.7. The van der Waals surface area contributed by atoms with Crippen molar-refractivity contribution in [1.29, 1.82) is 0 Å². The molecule has 0 radical (unpaired) electrons. The van der Waals surface area contributed by atoms with E-state index < -0.39 is 0 Å². The molecule has 0 saturated carbocycles. The minimum atomic E-state index is 0. The summed E-state index contributed by atoms with van der Waals surface area (Å²) < 4.78 is 0. The van der Waals surface area contributed by atoms with Crippen LogP contribution in [0.4, 0.5) is 0 Å². The van der Waals surface area contributed by atoms with Crippen LogP contribution >= 0.6 is 36.4 Å². The first-order valence-corrected chi connectivity index (χ1v) is 7.78. The smallest absolute Gasteiger partial charge is 0.0603 e. The van der Waals surface area contributed by atoms with E-state index in [1.54, 1.807) is 5.01 Å². The van der Waals surface area contributed by atoms with Gasteiger partial charge in [-0.15, -0.1) is 29.7 Å². The highest BCUT2D eigenvalue weighted by atomic mass is 35.5. The van der Waals surface area contributed by atoms with Crippen molar-refractivity contribution in [2.45, 2.75) is 6.04 Å². The molecular weight excluding hydrogens is 369 g/mol. The van der Waals surface area contributed by atoms with Crippen LogP contribution in [0, 0.1) is 4.91 Å². The molecule has 0 aliphatic carbocycles. The number of hydrogen-bond donors (Lipinski definition) is 0. The number of nitroso groups, excluding NO2 is 1. The van der Waals surface area contributed by atoms with Gasteiger partial charge in [0.25, 0.3) is 0 Å². The summed E-state index contributed by atoms with van der Waals surface area (Å²) in [5.41, 5.74) is 2.46. The fourth-order valence-electron chi connectivity index (χ4n) is 2.95. The Bertz CT molecular complexity index is 617. The lowest BCUT2D eigenvalue weighted by Gasteiger charge is -2.37. The summed E-state index contributed by atoms with van der Waals surface area (Å²) in [6.45, 7) is 2.96. The van der Waals surface area contributed by atoms with Crippen LogP contribution in [-0.2, 0) is 0 Å². The standard InChI is InChI=1S/C17H18ClN3O.2ClH/c18-16-8-6-15(7-9-16)17(14-4-2-1-3-5-14)20-10-12-21(19-22)13-11-20;;/h1-9,17H,10-13H2;2*1H. The summed E-state index contributed by atoms with van der Waals surface area (Å²) in [6.07, 6.45) is 0. The molecular formula is C17H20Cl3N3O. The van der Waals surface area contributed by atoms with E-state index in [0.29, 0.717) is 13.1 Å². The van der Waals surface area contributed by atoms with Gasteiger partial charge in [-0.1, -0.05) is 54.1 Å². The van der Waals surface area contributed by atoms with Crippen molar-refractivity contribution in [2.24, 2.45) is 5.29 Å². The van der Waals surface area contributed by atoms with Gasteiger partial charge in [0.05, 0.1) is 24.4 Å². The van der Waals surface area contributed by atoms with Crippen LogP contribution in [0.1, 0.15) is 17.2 Å². The van der Waals surface area contributed by atoms with E-state index >= 15 is 0 Å². The molecule has 0 aromatic heterocycles. The van der Waals surface area contributed by atoms with Crippen LogP contribution in [0.3, 0.4) is 0 Å². The van der Waals surface area contributed by atoms with Crippen molar-refractivity contribution in [2.75, 3.05) is 26.2 Å². The molecule has 24 heavy (non-hydrogen) atoms. The third-order valence-corrected chi connectivity index (χ3v) is 4.32. The first kappa shape index (κ1) is 20.7. The molecule has 4 nitrogen and oxygen atoms in total. The van der Waals surface area contributed by atoms with Gasteiger partial charge in [0.1, 0.15) is 0 Å². The molecule has 1 aliphatic heterocycles. The summed E-state index contributed by atoms with van der Waals surface area (Å²) in [6, 6.07) is 18.6. The quantitative estimate of drug-likeness (QED) is 0.720. The largest absolute Gasteiger partial charge is 0.289 e. The maximum absolute atomic E-state index is 10.7. The van der Waals surface area contributed by atoms with E-state index in [2.05, 4.69) is 46.6 Å². The van der Waals surface area contributed by atoms with E-state index in [1.807, 2.05) is 18.2 Å². The van der Waals surface area contributed by atoms with E-state index in [0.717, 1.165) is 18.1 Å². The molecule has 2 aromatic rings. The van der Waals surface area contributed by atoms with E-state index in [-0.39, 0.29) is 30.9 Å². The zero-order chi connectivity index (χ0) is 15.4. The number of nitrogens with zero attached hydrogens (tertiary/aromatic N) is 3. The van der Waals surface area contributed by atoms with Gasteiger partial charge in [-0.05, 0) is 23.3 Å². The molecule has 130 valence electrons. The molecule has 1 atom stereocenters.